The van der Waals surface area contributed by atoms with E-state index in [1.54, 1.807) is 22.9 Å². The fourth-order valence-electron chi connectivity index (χ4n) is 6.63. The molecule has 2 aliphatic rings. The number of piperazine rings is 1. The molecule has 1 saturated heterocycles. The molecule has 1 saturated carbocycles. The average Bonchev–Trinajstić information content (AvgIpc) is 2.98. The lowest BCUT2D eigenvalue weighted by molar-refractivity contribution is -0.0925. The summed E-state index contributed by atoms with van der Waals surface area (Å²) < 4.78 is 30.4. The second kappa shape index (κ2) is 12.7. The summed E-state index contributed by atoms with van der Waals surface area (Å²) in [5.41, 5.74) is 2.26. The van der Waals surface area contributed by atoms with Crippen LogP contribution in [0.1, 0.15) is 82.5 Å². The van der Waals surface area contributed by atoms with Crippen LogP contribution in [-0.2, 0) is 5.54 Å². The Morgan fingerprint density at radius 3 is 2.29 bits per heavy atom. The molecule has 2 N–H and O–H groups in total. The van der Waals surface area contributed by atoms with Gasteiger partial charge in [0.15, 0.2) is 0 Å². The first kappa shape index (κ1) is 30.5. The Hall–Kier alpha value is -2.95. The van der Waals surface area contributed by atoms with Crippen LogP contribution in [0.4, 0.5) is 14.7 Å². The van der Waals surface area contributed by atoms with Gasteiger partial charge in [0.2, 0.25) is 11.9 Å². The Labute approximate surface area is 246 Å². The minimum Gasteiger partial charge on any atom is -0.396 e. The predicted molar refractivity (Wildman–Crippen MR) is 162 cm³/mol. The number of aliphatic hydroxyl groups excluding tert-OH is 1. The second-order valence-electron chi connectivity index (χ2n) is 12.2. The van der Waals surface area contributed by atoms with Gasteiger partial charge in [-0.1, -0.05) is 24.3 Å². The van der Waals surface area contributed by atoms with E-state index in [9.17, 15) is 13.6 Å². The highest BCUT2D eigenvalue weighted by atomic mass is 19.3. The van der Waals surface area contributed by atoms with Crippen molar-refractivity contribution < 1.29 is 13.9 Å². The van der Waals surface area contributed by atoms with Crippen LogP contribution >= 0.6 is 0 Å². The van der Waals surface area contributed by atoms with Gasteiger partial charge in [-0.2, -0.15) is 4.98 Å². The summed E-state index contributed by atoms with van der Waals surface area (Å²) in [6.07, 6.45) is 4.22. The zero-order chi connectivity index (χ0) is 29.9. The molecule has 2 fully saturated rings. The van der Waals surface area contributed by atoms with E-state index in [-0.39, 0.29) is 37.1 Å². The Morgan fingerprint density at radius 2 is 1.64 bits per heavy atom. The number of pyridine rings is 1. The summed E-state index contributed by atoms with van der Waals surface area (Å²) in [6.45, 7) is 10.7. The number of alkyl halides is 2. The van der Waals surface area contributed by atoms with Crippen molar-refractivity contribution in [3.05, 3.63) is 64.1 Å². The molecule has 0 bridgehead atoms. The van der Waals surface area contributed by atoms with Crippen molar-refractivity contribution in [1.82, 2.24) is 24.3 Å². The summed E-state index contributed by atoms with van der Waals surface area (Å²) in [5.74, 6) is -2.16. The lowest BCUT2D eigenvalue weighted by Crippen LogP contribution is -2.57. The van der Waals surface area contributed by atoms with Crippen molar-refractivity contribution in [1.29, 1.82) is 0 Å². The van der Waals surface area contributed by atoms with Crippen LogP contribution in [0.2, 0.25) is 0 Å². The first-order valence-corrected chi connectivity index (χ1v) is 15.3. The lowest BCUT2D eigenvalue weighted by atomic mass is 9.73. The Balaban J connectivity index is 1.33. The number of aromatic nitrogens is 3. The first-order valence-electron chi connectivity index (χ1n) is 15.3. The zero-order valence-corrected chi connectivity index (χ0v) is 25.0. The maximum absolute atomic E-state index is 14.3. The average molecular weight is 583 g/mol. The van der Waals surface area contributed by atoms with Gasteiger partial charge in [0.1, 0.15) is 5.65 Å². The quantitative estimate of drug-likeness (QED) is 0.312. The summed E-state index contributed by atoms with van der Waals surface area (Å²) >= 11 is 0. The highest BCUT2D eigenvalue weighted by Crippen LogP contribution is 2.48. The number of hydrogen-bond acceptors (Lipinski definition) is 7. The van der Waals surface area contributed by atoms with Crippen LogP contribution in [0.25, 0.3) is 11.0 Å². The number of fused-ring (bicyclic) bond motifs is 1. The van der Waals surface area contributed by atoms with E-state index in [2.05, 4.69) is 49.4 Å². The minimum absolute atomic E-state index is 0.0322. The van der Waals surface area contributed by atoms with Crippen LogP contribution in [-0.4, -0.2) is 74.7 Å². The van der Waals surface area contributed by atoms with Crippen molar-refractivity contribution in [3.63, 3.8) is 0 Å². The molecule has 3 aromatic rings. The molecule has 1 aromatic carbocycles. The largest absolute Gasteiger partial charge is 0.396 e. The van der Waals surface area contributed by atoms with Gasteiger partial charge < -0.3 is 15.3 Å². The number of rotatable bonds is 10. The third kappa shape index (κ3) is 6.50. The Morgan fingerprint density at radius 1 is 0.952 bits per heavy atom. The summed E-state index contributed by atoms with van der Waals surface area (Å²) in [6, 6.07) is 11.5. The summed E-state index contributed by atoms with van der Waals surface area (Å²) in [4.78, 5) is 26.5. The monoisotopic (exact) mass is 582 g/mol. The second-order valence-corrected chi connectivity index (χ2v) is 12.2. The molecule has 0 spiro atoms. The van der Waals surface area contributed by atoms with Crippen molar-refractivity contribution in [2.75, 3.05) is 44.6 Å². The molecule has 1 aliphatic heterocycles. The lowest BCUT2D eigenvalue weighted by Gasteiger charge is -2.51. The fraction of sp³-hybridized carbons (Fsp3) is 0.594. The molecule has 0 radical (unpaired) electrons. The molecule has 228 valence electrons. The van der Waals surface area contributed by atoms with Gasteiger partial charge in [0.25, 0.3) is 5.56 Å². The summed E-state index contributed by atoms with van der Waals surface area (Å²) in [7, 11) is 0. The molecular weight excluding hydrogens is 538 g/mol. The first-order chi connectivity index (χ1) is 20.1. The molecule has 2 aromatic heterocycles. The van der Waals surface area contributed by atoms with E-state index in [0.717, 1.165) is 62.1 Å². The molecule has 42 heavy (non-hydrogen) atoms. The molecule has 0 unspecified atom stereocenters. The molecule has 0 amide bonds. The molecule has 1 aliphatic carbocycles. The number of benzene rings is 1. The topological polar surface area (TPSA) is 86.5 Å². The van der Waals surface area contributed by atoms with Crippen molar-refractivity contribution >= 4 is 17.0 Å². The Kier molecular flexibility index (Phi) is 9.25. The zero-order valence-electron chi connectivity index (χ0n) is 25.0. The van der Waals surface area contributed by atoms with E-state index >= 15 is 0 Å². The number of anilines is 1. The number of halogens is 2. The van der Waals surface area contributed by atoms with Crippen molar-refractivity contribution in [2.45, 2.75) is 82.8 Å². The minimum atomic E-state index is -2.60. The van der Waals surface area contributed by atoms with Gasteiger partial charge in [-0.3, -0.25) is 14.3 Å². The van der Waals surface area contributed by atoms with Crippen LogP contribution in [0, 0.1) is 0 Å². The molecule has 1 atom stereocenters. The number of hydrogen-bond donors (Lipinski definition) is 2. The van der Waals surface area contributed by atoms with Crippen LogP contribution in [0.15, 0.2) is 47.4 Å². The van der Waals surface area contributed by atoms with Crippen LogP contribution in [0.5, 0.6) is 0 Å². The van der Waals surface area contributed by atoms with Gasteiger partial charge in [0, 0.05) is 74.9 Å². The molecule has 5 rings (SSSR count). The predicted octanol–water partition coefficient (Wildman–Crippen LogP) is 5.34. The fourth-order valence-corrected chi connectivity index (χ4v) is 6.63. The van der Waals surface area contributed by atoms with Gasteiger partial charge in [-0.05, 0) is 70.2 Å². The van der Waals surface area contributed by atoms with Crippen LogP contribution in [0.3, 0.4) is 0 Å². The smallest absolute Gasteiger partial charge is 0.252 e. The number of nitrogens with zero attached hydrogens (tertiary/aromatic N) is 5. The van der Waals surface area contributed by atoms with E-state index in [1.165, 1.54) is 0 Å². The molecule has 10 heteroatoms. The van der Waals surface area contributed by atoms with E-state index in [4.69, 9.17) is 5.11 Å². The molecule has 3 heterocycles. The normalized spacial score (nSPS) is 20.2. The number of nitrogens with one attached hydrogen (secondary N) is 1. The summed E-state index contributed by atoms with van der Waals surface area (Å²) in [5, 5.41) is 13.3. The van der Waals surface area contributed by atoms with Gasteiger partial charge in [-0.15, -0.1) is 0 Å². The van der Waals surface area contributed by atoms with Gasteiger partial charge in [-0.25, -0.2) is 13.8 Å². The van der Waals surface area contributed by atoms with Gasteiger partial charge in [0.05, 0.1) is 6.04 Å². The van der Waals surface area contributed by atoms with Gasteiger partial charge >= 0.3 is 0 Å². The number of unbranched alkanes of at least 4 members (excludes halogenated alkanes) is 1. The molecule has 8 nitrogen and oxygen atoms in total. The standard InChI is InChI=1S/C32H44F2N6O2/c1-23(2)40-28(42)11-8-26-22-35-30(37-29(26)40)36-24(3)25-6-9-27(10-7-25)31(12-14-32(33,34)15-13-31)39-19-17-38(18-20-39)16-4-5-21-41/h6-11,22-24,41H,4-5,12-21H2,1-3H3,(H,35,36,37)/t24-/m0/s1. The highest BCUT2D eigenvalue weighted by Gasteiger charge is 2.48. The van der Waals surface area contributed by atoms with E-state index < -0.39 is 11.5 Å². The number of aliphatic hydroxyl groups is 1. The highest BCUT2D eigenvalue weighted by molar-refractivity contribution is 5.75. The third-order valence-corrected chi connectivity index (χ3v) is 9.15. The van der Waals surface area contributed by atoms with Crippen molar-refractivity contribution in [3.8, 4) is 0 Å². The Bertz CT molecular complexity index is 1390. The maximum atomic E-state index is 14.3. The SMILES string of the molecule is CC(C)n1c(=O)ccc2cnc(N[C@@H](C)c3ccc(C4(N5CCN(CCCCO)CC5)CCC(F)(F)CC4)cc3)nc21. The van der Waals surface area contributed by atoms with E-state index in [1.807, 2.05) is 20.8 Å². The van der Waals surface area contributed by atoms with Crippen LogP contribution < -0.4 is 10.9 Å². The van der Waals surface area contributed by atoms with Crippen molar-refractivity contribution in [2.24, 2.45) is 0 Å². The van der Waals surface area contributed by atoms with E-state index in [0.29, 0.717) is 24.4 Å². The maximum Gasteiger partial charge on any atom is 0.252 e. The third-order valence-electron chi connectivity index (χ3n) is 9.15. The molecular formula is C32H44F2N6O2.